The van der Waals surface area contributed by atoms with E-state index in [-0.39, 0.29) is 16.9 Å². The molecule has 26 heavy (non-hydrogen) atoms. The number of amides is 1. The number of likely N-dealkylation sites (tertiary alicyclic amines) is 1. The van der Waals surface area contributed by atoms with Crippen LogP contribution >= 0.6 is 0 Å². The second-order valence-electron chi connectivity index (χ2n) is 9.61. The number of aromatic nitrogens is 2. The van der Waals surface area contributed by atoms with E-state index in [2.05, 4.69) is 43.0 Å². The first-order chi connectivity index (χ1) is 12.3. The smallest absolute Gasteiger partial charge is 0.274 e. The first kappa shape index (κ1) is 16.3. The molecule has 0 aromatic carbocycles. The van der Waals surface area contributed by atoms with Gasteiger partial charge in [0.25, 0.3) is 5.91 Å². The molecule has 1 amide bonds. The van der Waals surface area contributed by atoms with Crippen LogP contribution in [-0.2, 0) is 4.84 Å². The highest BCUT2D eigenvalue weighted by molar-refractivity contribution is 5.96. The van der Waals surface area contributed by atoms with Crippen molar-refractivity contribution in [3.63, 3.8) is 0 Å². The lowest BCUT2D eigenvalue weighted by molar-refractivity contribution is 0.0123. The van der Waals surface area contributed by atoms with Gasteiger partial charge >= 0.3 is 0 Å². The van der Waals surface area contributed by atoms with Crippen LogP contribution < -0.4 is 0 Å². The van der Waals surface area contributed by atoms with Crippen LogP contribution in [0.3, 0.4) is 0 Å². The molecule has 5 rings (SSSR count). The molecule has 140 valence electrons. The SMILES string of the molecule is CC(c1cc(C(=O)N2CC3C(C2)C3(C)C2=NOC(C)(C)C2)n[nH]1)C1CC1. The minimum absolute atomic E-state index is 0.0648. The van der Waals surface area contributed by atoms with Crippen molar-refractivity contribution >= 4 is 11.6 Å². The second kappa shape index (κ2) is 5.11. The molecular weight excluding hydrogens is 328 g/mol. The Labute approximate surface area is 154 Å². The molecule has 2 saturated carbocycles. The summed E-state index contributed by atoms with van der Waals surface area (Å²) in [6.07, 6.45) is 3.48. The number of aromatic amines is 1. The van der Waals surface area contributed by atoms with Crippen LogP contribution in [0.2, 0.25) is 0 Å². The number of rotatable bonds is 4. The number of fused-ring (bicyclic) bond motifs is 1. The van der Waals surface area contributed by atoms with Crippen molar-refractivity contribution in [3.05, 3.63) is 17.5 Å². The minimum Gasteiger partial charge on any atom is -0.389 e. The van der Waals surface area contributed by atoms with Gasteiger partial charge < -0.3 is 9.74 Å². The van der Waals surface area contributed by atoms with Gasteiger partial charge in [0.1, 0.15) is 11.3 Å². The number of nitrogens with one attached hydrogen (secondary N) is 1. The molecule has 4 aliphatic rings. The summed E-state index contributed by atoms with van der Waals surface area (Å²) in [6, 6.07) is 1.96. The standard InChI is InChI=1S/C20H28N4O2/c1-11(12-5-6-12)15-7-16(22-21-15)18(25)24-9-13-14(10-24)20(13,4)17-8-19(2,3)26-23-17/h7,11-14H,5-6,8-10H2,1-4H3,(H,21,22). The van der Waals surface area contributed by atoms with E-state index in [1.54, 1.807) is 0 Å². The van der Waals surface area contributed by atoms with E-state index in [1.165, 1.54) is 18.6 Å². The van der Waals surface area contributed by atoms with E-state index in [4.69, 9.17) is 4.84 Å². The molecule has 3 atom stereocenters. The topological polar surface area (TPSA) is 70.6 Å². The number of hydrogen-bond donors (Lipinski definition) is 1. The van der Waals surface area contributed by atoms with E-state index in [0.29, 0.717) is 23.4 Å². The number of oxime groups is 1. The fraction of sp³-hybridized carbons (Fsp3) is 0.750. The summed E-state index contributed by atoms with van der Waals surface area (Å²) >= 11 is 0. The predicted octanol–water partition coefficient (Wildman–Crippen LogP) is 3.19. The monoisotopic (exact) mass is 356 g/mol. The van der Waals surface area contributed by atoms with Gasteiger partial charge in [-0.15, -0.1) is 0 Å². The molecule has 2 aliphatic heterocycles. The van der Waals surface area contributed by atoms with Crippen molar-refractivity contribution in [1.82, 2.24) is 15.1 Å². The third-order valence-corrected chi connectivity index (χ3v) is 7.29. The van der Waals surface area contributed by atoms with Crippen LogP contribution in [0.15, 0.2) is 11.2 Å². The van der Waals surface area contributed by atoms with E-state index >= 15 is 0 Å². The summed E-state index contributed by atoms with van der Waals surface area (Å²) < 4.78 is 0. The third-order valence-electron chi connectivity index (χ3n) is 7.29. The number of H-pyrrole nitrogens is 1. The molecule has 3 fully saturated rings. The maximum Gasteiger partial charge on any atom is 0.274 e. The summed E-state index contributed by atoms with van der Waals surface area (Å²) in [7, 11) is 0. The molecule has 6 nitrogen and oxygen atoms in total. The van der Waals surface area contributed by atoms with Crippen LogP contribution in [0.1, 0.15) is 69.1 Å². The zero-order chi connectivity index (χ0) is 18.3. The zero-order valence-corrected chi connectivity index (χ0v) is 16.1. The maximum atomic E-state index is 12.9. The number of nitrogens with zero attached hydrogens (tertiary/aromatic N) is 3. The molecule has 3 heterocycles. The summed E-state index contributed by atoms with van der Waals surface area (Å²) in [4.78, 5) is 20.4. The van der Waals surface area contributed by atoms with Crippen molar-refractivity contribution in [3.8, 4) is 0 Å². The average molecular weight is 356 g/mol. The summed E-state index contributed by atoms with van der Waals surface area (Å²) in [5, 5.41) is 11.8. The van der Waals surface area contributed by atoms with Crippen molar-refractivity contribution in [1.29, 1.82) is 0 Å². The Kier molecular flexibility index (Phi) is 3.21. The highest BCUT2D eigenvalue weighted by atomic mass is 16.7. The van der Waals surface area contributed by atoms with Gasteiger partial charge in [0.15, 0.2) is 0 Å². The van der Waals surface area contributed by atoms with E-state index in [1.807, 2.05) is 11.0 Å². The molecule has 1 saturated heterocycles. The van der Waals surface area contributed by atoms with Crippen LogP contribution in [0, 0.1) is 23.2 Å². The Hall–Kier alpha value is -1.85. The van der Waals surface area contributed by atoms with Crippen molar-refractivity contribution in [2.24, 2.45) is 28.3 Å². The van der Waals surface area contributed by atoms with Crippen molar-refractivity contribution < 1.29 is 9.63 Å². The molecule has 1 aromatic heterocycles. The maximum absolute atomic E-state index is 12.9. The molecule has 1 aromatic rings. The largest absolute Gasteiger partial charge is 0.389 e. The Morgan fingerprint density at radius 1 is 1.31 bits per heavy atom. The van der Waals surface area contributed by atoms with Gasteiger partial charge in [-0.05, 0) is 50.5 Å². The lowest BCUT2D eigenvalue weighted by atomic mass is 9.88. The highest BCUT2D eigenvalue weighted by Gasteiger charge is 2.69. The summed E-state index contributed by atoms with van der Waals surface area (Å²) in [6.45, 7) is 10.3. The molecule has 3 unspecified atom stereocenters. The Morgan fingerprint density at radius 2 is 2.00 bits per heavy atom. The number of hydrogen-bond acceptors (Lipinski definition) is 4. The average Bonchev–Trinajstić information content (AvgIpc) is 3.28. The quantitative estimate of drug-likeness (QED) is 0.901. The first-order valence-corrected chi connectivity index (χ1v) is 9.90. The van der Waals surface area contributed by atoms with Gasteiger partial charge in [-0.1, -0.05) is 19.0 Å². The van der Waals surface area contributed by atoms with Crippen LogP contribution in [0.5, 0.6) is 0 Å². The van der Waals surface area contributed by atoms with Gasteiger partial charge in [-0.3, -0.25) is 9.89 Å². The second-order valence-corrected chi connectivity index (χ2v) is 9.61. The summed E-state index contributed by atoms with van der Waals surface area (Å²) in [5.74, 6) is 2.31. The van der Waals surface area contributed by atoms with Crippen molar-refractivity contribution in [2.75, 3.05) is 13.1 Å². The van der Waals surface area contributed by atoms with E-state index in [0.717, 1.165) is 31.1 Å². The van der Waals surface area contributed by atoms with Crippen molar-refractivity contribution in [2.45, 2.75) is 58.5 Å². The molecule has 2 aliphatic carbocycles. The Balaban J connectivity index is 1.24. The molecular formula is C20H28N4O2. The summed E-state index contributed by atoms with van der Waals surface area (Å²) in [5.41, 5.74) is 2.78. The lowest BCUT2D eigenvalue weighted by Gasteiger charge is -2.23. The van der Waals surface area contributed by atoms with Gasteiger partial charge in [-0.2, -0.15) is 5.10 Å². The Morgan fingerprint density at radius 3 is 2.58 bits per heavy atom. The number of piperidine rings is 1. The molecule has 0 bridgehead atoms. The van der Waals surface area contributed by atoms with Crippen LogP contribution in [-0.4, -0.2) is 45.4 Å². The van der Waals surface area contributed by atoms with Gasteiger partial charge in [-0.25, -0.2) is 0 Å². The normalized spacial score (nSPS) is 35.7. The fourth-order valence-electron chi connectivity index (χ4n) is 5.10. The fourth-order valence-corrected chi connectivity index (χ4v) is 5.10. The van der Waals surface area contributed by atoms with Gasteiger partial charge in [0, 0.05) is 36.5 Å². The van der Waals surface area contributed by atoms with Gasteiger partial charge in [0.05, 0.1) is 5.71 Å². The number of carbonyl (C=O) groups is 1. The zero-order valence-electron chi connectivity index (χ0n) is 16.1. The third kappa shape index (κ3) is 2.33. The minimum atomic E-state index is -0.186. The molecule has 6 heteroatoms. The van der Waals surface area contributed by atoms with Gasteiger partial charge in [0.2, 0.25) is 0 Å². The van der Waals surface area contributed by atoms with Crippen LogP contribution in [0.4, 0.5) is 0 Å². The molecule has 0 radical (unpaired) electrons. The first-order valence-electron chi connectivity index (χ1n) is 9.90. The number of carbonyl (C=O) groups excluding carboxylic acids is 1. The Bertz CT molecular complexity index is 779. The molecule has 1 N–H and O–H groups in total. The van der Waals surface area contributed by atoms with E-state index in [9.17, 15) is 4.79 Å². The van der Waals surface area contributed by atoms with Crippen LogP contribution in [0.25, 0.3) is 0 Å². The lowest BCUT2D eigenvalue weighted by Crippen LogP contribution is -2.36. The predicted molar refractivity (Wildman–Crippen MR) is 97.9 cm³/mol. The van der Waals surface area contributed by atoms with E-state index < -0.39 is 0 Å². The molecule has 0 spiro atoms. The highest BCUT2D eigenvalue weighted by Crippen LogP contribution is 2.64.